The molecule has 6 rings (SSSR count). The van der Waals surface area contributed by atoms with Gasteiger partial charge in [0.25, 0.3) is 0 Å². The van der Waals surface area contributed by atoms with Crippen LogP contribution < -0.4 is 0 Å². The number of nitrogens with zero attached hydrogens (tertiary/aromatic N) is 3. The molecule has 5 aromatic rings. The van der Waals surface area contributed by atoms with Crippen molar-refractivity contribution in [2.24, 2.45) is 0 Å². The van der Waals surface area contributed by atoms with Crippen LogP contribution in [0, 0.1) is 0 Å². The lowest BCUT2D eigenvalue weighted by Gasteiger charge is -2.23. The summed E-state index contributed by atoms with van der Waals surface area (Å²) in [5.74, 6) is 0.759. The summed E-state index contributed by atoms with van der Waals surface area (Å²) in [7, 11) is 0. The van der Waals surface area contributed by atoms with Gasteiger partial charge in [-0.3, -0.25) is 4.98 Å². The smallest absolute Gasteiger partial charge is 0.159 e. The zero-order valence-corrected chi connectivity index (χ0v) is 16.0. The molecule has 0 amide bonds. The largest absolute Gasteiger partial charge is 0.354 e. The van der Waals surface area contributed by atoms with Crippen LogP contribution in [0.15, 0.2) is 67.1 Å². The topological polar surface area (TPSA) is 54.5 Å². The number of benzene rings is 2. The Bertz CT molecular complexity index is 1330. The van der Waals surface area contributed by atoms with Crippen molar-refractivity contribution in [3.63, 3.8) is 0 Å². The third-order valence-electron chi connectivity index (χ3n) is 6.01. The molecule has 0 saturated heterocycles. The maximum atomic E-state index is 4.51. The van der Waals surface area contributed by atoms with Gasteiger partial charge < -0.3 is 4.98 Å². The second kappa shape index (κ2) is 6.52. The number of aryl methyl sites for hydroxylation is 1. The van der Waals surface area contributed by atoms with Crippen molar-refractivity contribution >= 4 is 21.8 Å². The first-order valence-corrected chi connectivity index (χ1v) is 10.2. The summed E-state index contributed by atoms with van der Waals surface area (Å²) < 4.78 is 0. The lowest BCUT2D eigenvalue weighted by Crippen LogP contribution is -2.07. The molecule has 1 aliphatic carbocycles. The van der Waals surface area contributed by atoms with Crippen LogP contribution in [0.3, 0.4) is 0 Å². The summed E-state index contributed by atoms with van der Waals surface area (Å²) in [6, 6.07) is 16.9. The van der Waals surface area contributed by atoms with Gasteiger partial charge in [0.05, 0.1) is 5.52 Å². The van der Waals surface area contributed by atoms with Gasteiger partial charge in [0.1, 0.15) is 0 Å². The van der Waals surface area contributed by atoms with Crippen molar-refractivity contribution in [3.05, 3.63) is 78.2 Å². The normalized spacial score (nSPS) is 13.7. The van der Waals surface area contributed by atoms with Gasteiger partial charge in [-0.1, -0.05) is 24.3 Å². The third-order valence-corrected chi connectivity index (χ3v) is 6.01. The van der Waals surface area contributed by atoms with Crippen molar-refractivity contribution in [3.8, 4) is 22.6 Å². The zero-order chi connectivity index (χ0) is 19.2. The molecular weight excluding hydrogens is 356 g/mol. The van der Waals surface area contributed by atoms with E-state index in [1.165, 1.54) is 51.5 Å². The van der Waals surface area contributed by atoms with Gasteiger partial charge in [-0.15, -0.1) is 0 Å². The van der Waals surface area contributed by atoms with Crippen molar-refractivity contribution < 1.29 is 0 Å². The molecule has 140 valence electrons. The average Bonchev–Trinajstić information content (AvgIpc) is 3.28. The maximum Gasteiger partial charge on any atom is 0.159 e. The Morgan fingerprint density at radius 1 is 0.690 bits per heavy atom. The molecular formula is C25H20N4. The van der Waals surface area contributed by atoms with Crippen LogP contribution in [0.5, 0.6) is 0 Å². The van der Waals surface area contributed by atoms with E-state index in [4.69, 9.17) is 0 Å². The van der Waals surface area contributed by atoms with Crippen LogP contribution in [0.25, 0.3) is 44.5 Å². The standard InChI is InChI=1S/C25H20N4/c1-2-5-19-18(4-1)23-20-12-15-26-21(20)10-11-22(23)29-24(19)16-6-8-17(9-7-16)25-27-13-3-14-28-25/h3,6-15,29H,1-2,4-5H2. The summed E-state index contributed by atoms with van der Waals surface area (Å²) in [4.78, 5) is 17.0. The summed E-state index contributed by atoms with van der Waals surface area (Å²) in [6.07, 6.45) is 10.2. The zero-order valence-electron chi connectivity index (χ0n) is 16.0. The molecule has 1 N–H and O–H groups in total. The van der Waals surface area contributed by atoms with E-state index in [-0.39, 0.29) is 0 Å². The number of nitrogens with one attached hydrogen (secondary N) is 1. The molecule has 29 heavy (non-hydrogen) atoms. The minimum Gasteiger partial charge on any atom is -0.354 e. The van der Waals surface area contributed by atoms with Crippen LogP contribution >= 0.6 is 0 Å². The van der Waals surface area contributed by atoms with Crippen LogP contribution in [0.1, 0.15) is 24.0 Å². The van der Waals surface area contributed by atoms with Crippen molar-refractivity contribution in [1.82, 2.24) is 19.9 Å². The van der Waals surface area contributed by atoms with Crippen molar-refractivity contribution in [1.29, 1.82) is 0 Å². The number of pyridine rings is 1. The highest BCUT2D eigenvalue weighted by Crippen LogP contribution is 2.38. The van der Waals surface area contributed by atoms with Gasteiger partial charge >= 0.3 is 0 Å². The fraction of sp³-hybridized carbons (Fsp3) is 0.160. The maximum absolute atomic E-state index is 4.51. The number of hydrogen-bond acceptors (Lipinski definition) is 3. The molecule has 3 aromatic heterocycles. The van der Waals surface area contributed by atoms with E-state index in [0.29, 0.717) is 0 Å². The average molecular weight is 376 g/mol. The van der Waals surface area contributed by atoms with E-state index < -0.39 is 0 Å². The quantitative estimate of drug-likeness (QED) is 0.429. The van der Waals surface area contributed by atoms with E-state index >= 15 is 0 Å². The lowest BCUT2D eigenvalue weighted by atomic mass is 9.85. The van der Waals surface area contributed by atoms with Gasteiger partial charge in [0, 0.05) is 46.1 Å². The fourth-order valence-corrected chi connectivity index (χ4v) is 4.66. The van der Waals surface area contributed by atoms with Crippen LogP contribution in [-0.2, 0) is 12.8 Å². The van der Waals surface area contributed by atoms with Gasteiger partial charge in [-0.05, 0) is 66.6 Å². The van der Waals surface area contributed by atoms with Crippen LogP contribution in [0.2, 0.25) is 0 Å². The molecule has 1 aliphatic rings. The van der Waals surface area contributed by atoms with E-state index in [9.17, 15) is 0 Å². The molecule has 0 fully saturated rings. The van der Waals surface area contributed by atoms with Crippen molar-refractivity contribution in [2.75, 3.05) is 0 Å². The minimum absolute atomic E-state index is 0.759. The Kier molecular flexibility index (Phi) is 3.69. The van der Waals surface area contributed by atoms with Crippen molar-refractivity contribution in [2.45, 2.75) is 25.7 Å². The number of aromatic nitrogens is 4. The second-order valence-corrected chi connectivity index (χ2v) is 7.68. The Labute approximate surface area is 168 Å². The van der Waals surface area contributed by atoms with Gasteiger partial charge in [-0.25, -0.2) is 9.97 Å². The van der Waals surface area contributed by atoms with Gasteiger partial charge in [-0.2, -0.15) is 0 Å². The Balaban J connectivity index is 1.55. The second-order valence-electron chi connectivity index (χ2n) is 7.68. The first-order valence-electron chi connectivity index (χ1n) is 10.2. The fourth-order valence-electron chi connectivity index (χ4n) is 4.66. The SMILES string of the molecule is c1cnc(-c2ccc(-c3[nH]c4ccc5nccc5c4c4c3CCCC4)cc2)nc1. The predicted octanol–water partition coefficient (Wildman–Crippen LogP) is 5.72. The van der Waals surface area contributed by atoms with E-state index in [0.717, 1.165) is 29.7 Å². The minimum atomic E-state index is 0.759. The molecule has 0 unspecified atom stereocenters. The van der Waals surface area contributed by atoms with Gasteiger partial charge in [0.15, 0.2) is 5.82 Å². The summed E-state index contributed by atoms with van der Waals surface area (Å²) in [5.41, 5.74) is 8.72. The number of fused-ring (bicyclic) bond motifs is 5. The Hall–Kier alpha value is -3.53. The van der Waals surface area contributed by atoms with Gasteiger partial charge in [0.2, 0.25) is 0 Å². The first-order chi connectivity index (χ1) is 14.4. The van der Waals surface area contributed by atoms with E-state index in [1.54, 1.807) is 12.4 Å². The molecule has 0 radical (unpaired) electrons. The monoisotopic (exact) mass is 376 g/mol. The van der Waals surface area contributed by atoms with Crippen LogP contribution in [-0.4, -0.2) is 19.9 Å². The highest BCUT2D eigenvalue weighted by molar-refractivity contribution is 6.08. The molecule has 4 nitrogen and oxygen atoms in total. The molecule has 0 spiro atoms. The Morgan fingerprint density at radius 3 is 2.28 bits per heavy atom. The number of hydrogen-bond donors (Lipinski definition) is 1. The summed E-state index contributed by atoms with van der Waals surface area (Å²) >= 11 is 0. The number of rotatable bonds is 2. The molecule has 0 atom stereocenters. The van der Waals surface area contributed by atoms with Crippen LogP contribution in [0.4, 0.5) is 0 Å². The molecule has 0 bridgehead atoms. The summed E-state index contributed by atoms with van der Waals surface area (Å²) in [5, 5.41) is 2.62. The van der Waals surface area contributed by atoms with E-state index in [1.807, 2.05) is 12.3 Å². The molecule has 4 heteroatoms. The number of H-pyrrole nitrogens is 1. The lowest BCUT2D eigenvalue weighted by molar-refractivity contribution is 0.689. The predicted molar refractivity (Wildman–Crippen MR) is 117 cm³/mol. The highest BCUT2D eigenvalue weighted by Gasteiger charge is 2.20. The molecule has 3 heterocycles. The van der Waals surface area contributed by atoms with E-state index in [2.05, 4.69) is 62.4 Å². The number of aromatic amines is 1. The molecule has 2 aromatic carbocycles. The summed E-state index contributed by atoms with van der Waals surface area (Å²) in [6.45, 7) is 0. The Morgan fingerprint density at radius 2 is 1.45 bits per heavy atom. The first kappa shape index (κ1) is 16.4. The highest BCUT2D eigenvalue weighted by atomic mass is 14.8. The third kappa shape index (κ3) is 2.64. The molecule has 0 saturated carbocycles. The molecule has 0 aliphatic heterocycles.